The Morgan fingerprint density at radius 3 is 2.76 bits per heavy atom. The first-order valence-electron chi connectivity index (χ1n) is 5.53. The Bertz CT molecular complexity index is 388. The van der Waals surface area contributed by atoms with Gasteiger partial charge in [0.05, 0.1) is 12.0 Å². The number of carboxylic acids is 1. The van der Waals surface area contributed by atoms with Crippen LogP contribution in [-0.4, -0.2) is 17.7 Å². The number of benzene rings is 1. The fraction of sp³-hybridized carbons (Fsp3) is 0.462. The summed E-state index contributed by atoms with van der Waals surface area (Å²) in [5, 5.41) is 9.57. The molecule has 1 aromatic rings. The fourth-order valence-electron chi connectivity index (χ4n) is 1.37. The maximum absolute atomic E-state index is 10.9. The van der Waals surface area contributed by atoms with Gasteiger partial charge in [-0.2, -0.15) is 0 Å². The third kappa shape index (κ3) is 4.65. The van der Waals surface area contributed by atoms with Gasteiger partial charge in [-0.05, 0) is 44.9 Å². The Kier molecular flexibility index (Phi) is 4.82. The molecule has 1 aromatic carbocycles. The van der Waals surface area contributed by atoms with Crippen molar-refractivity contribution in [3.63, 3.8) is 0 Å². The molecule has 0 spiro atoms. The van der Waals surface area contributed by atoms with Crippen LogP contribution in [-0.2, 0) is 4.79 Å². The molecular formula is C13H17ClO3. The van der Waals surface area contributed by atoms with Gasteiger partial charge in [-0.3, -0.25) is 4.79 Å². The Balaban J connectivity index is 2.32. The normalized spacial score (nSPS) is 11.2. The highest BCUT2D eigenvalue weighted by atomic mass is 35.5. The zero-order chi connectivity index (χ0) is 12.9. The average molecular weight is 257 g/mol. The van der Waals surface area contributed by atoms with Gasteiger partial charge in [-0.15, -0.1) is 0 Å². The molecule has 0 aliphatic heterocycles. The van der Waals surface area contributed by atoms with E-state index in [4.69, 9.17) is 21.4 Å². The average Bonchev–Trinajstić information content (AvgIpc) is 2.24. The number of rotatable bonds is 6. The largest absolute Gasteiger partial charge is 0.494 e. The highest BCUT2D eigenvalue weighted by Crippen LogP contribution is 2.23. The van der Waals surface area contributed by atoms with Crippen molar-refractivity contribution in [2.24, 2.45) is 5.41 Å². The Morgan fingerprint density at radius 1 is 1.47 bits per heavy atom. The molecule has 0 heterocycles. The second kappa shape index (κ2) is 5.92. The summed E-state index contributed by atoms with van der Waals surface area (Å²) < 4.78 is 5.48. The van der Waals surface area contributed by atoms with Crippen LogP contribution < -0.4 is 4.74 Å². The third-order valence-corrected chi connectivity index (χ3v) is 2.82. The molecule has 94 valence electrons. The minimum atomic E-state index is -0.778. The Morgan fingerprint density at radius 2 is 2.18 bits per heavy atom. The van der Waals surface area contributed by atoms with Crippen molar-refractivity contribution in [2.45, 2.75) is 26.7 Å². The summed E-state index contributed by atoms with van der Waals surface area (Å²) in [6, 6.07) is 7.17. The Hall–Kier alpha value is -1.22. The number of halogens is 1. The lowest BCUT2D eigenvalue weighted by molar-refractivity contribution is -0.147. The SMILES string of the molecule is CC(C)(CCCOc1cccc(Cl)c1)C(=O)O. The number of hydrogen-bond acceptors (Lipinski definition) is 2. The molecule has 0 atom stereocenters. The quantitative estimate of drug-likeness (QED) is 0.791. The van der Waals surface area contributed by atoms with E-state index in [1.165, 1.54) is 0 Å². The van der Waals surface area contributed by atoms with E-state index < -0.39 is 11.4 Å². The van der Waals surface area contributed by atoms with Gasteiger partial charge in [-0.25, -0.2) is 0 Å². The van der Waals surface area contributed by atoms with Crippen molar-refractivity contribution < 1.29 is 14.6 Å². The van der Waals surface area contributed by atoms with Gasteiger partial charge in [0.15, 0.2) is 0 Å². The Labute approximate surface area is 106 Å². The lowest BCUT2D eigenvalue weighted by Crippen LogP contribution is -2.24. The lowest BCUT2D eigenvalue weighted by Gasteiger charge is -2.18. The molecule has 0 aliphatic carbocycles. The van der Waals surface area contributed by atoms with E-state index in [1.54, 1.807) is 26.0 Å². The summed E-state index contributed by atoms with van der Waals surface area (Å²) in [6.07, 6.45) is 1.29. The molecule has 1 rings (SSSR count). The molecule has 0 saturated heterocycles. The molecule has 0 aromatic heterocycles. The number of ether oxygens (including phenoxy) is 1. The molecule has 0 saturated carbocycles. The number of carbonyl (C=O) groups is 1. The lowest BCUT2D eigenvalue weighted by atomic mass is 9.88. The second-order valence-corrected chi connectivity index (χ2v) is 5.03. The predicted molar refractivity (Wildman–Crippen MR) is 67.6 cm³/mol. The molecule has 3 nitrogen and oxygen atoms in total. The van der Waals surface area contributed by atoms with Crippen LogP contribution in [0.2, 0.25) is 5.02 Å². The highest BCUT2D eigenvalue weighted by Gasteiger charge is 2.26. The summed E-state index contributed by atoms with van der Waals surface area (Å²) >= 11 is 5.81. The molecule has 4 heteroatoms. The minimum absolute atomic E-state index is 0.497. The molecule has 0 aliphatic rings. The van der Waals surface area contributed by atoms with Crippen LogP contribution >= 0.6 is 11.6 Å². The molecule has 0 radical (unpaired) electrons. The van der Waals surface area contributed by atoms with Crippen molar-refractivity contribution in [1.29, 1.82) is 0 Å². The first kappa shape index (κ1) is 13.8. The minimum Gasteiger partial charge on any atom is -0.494 e. The van der Waals surface area contributed by atoms with Crippen molar-refractivity contribution in [3.8, 4) is 5.75 Å². The van der Waals surface area contributed by atoms with Crippen molar-refractivity contribution in [1.82, 2.24) is 0 Å². The second-order valence-electron chi connectivity index (χ2n) is 4.60. The molecule has 0 fully saturated rings. The predicted octanol–water partition coefficient (Wildman–Crippen LogP) is 3.61. The van der Waals surface area contributed by atoms with Crippen molar-refractivity contribution >= 4 is 17.6 Å². The maximum Gasteiger partial charge on any atom is 0.309 e. The summed E-state index contributed by atoms with van der Waals surface area (Å²) in [5.74, 6) is -0.0640. The zero-order valence-corrected chi connectivity index (χ0v) is 10.8. The van der Waals surface area contributed by atoms with E-state index >= 15 is 0 Å². The monoisotopic (exact) mass is 256 g/mol. The van der Waals surface area contributed by atoms with Gasteiger partial charge < -0.3 is 9.84 Å². The maximum atomic E-state index is 10.9. The molecule has 17 heavy (non-hydrogen) atoms. The van der Waals surface area contributed by atoms with Crippen LogP contribution in [0.5, 0.6) is 5.75 Å². The van der Waals surface area contributed by atoms with Gasteiger partial charge in [-0.1, -0.05) is 17.7 Å². The standard InChI is InChI=1S/C13H17ClO3/c1-13(2,12(15)16)7-4-8-17-11-6-3-5-10(14)9-11/h3,5-6,9H,4,7-8H2,1-2H3,(H,15,16). The van der Waals surface area contributed by atoms with Crippen molar-refractivity contribution in [2.75, 3.05) is 6.61 Å². The number of carboxylic acid groups (broad SMARTS) is 1. The molecule has 0 bridgehead atoms. The van der Waals surface area contributed by atoms with Crippen LogP contribution in [0.4, 0.5) is 0 Å². The van der Waals surface area contributed by atoms with E-state index in [1.807, 2.05) is 12.1 Å². The zero-order valence-electron chi connectivity index (χ0n) is 10.1. The van der Waals surface area contributed by atoms with E-state index in [0.717, 1.165) is 0 Å². The summed E-state index contributed by atoms with van der Waals surface area (Å²) in [4.78, 5) is 10.9. The van der Waals surface area contributed by atoms with Crippen LogP contribution in [0.25, 0.3) is 0 Å². The van der Waals surface area contributed by atoms with Gasteiger partial charge in [0, 0.05) is 5.02 Å². The van der Waals surface area contributed by atoms with Gasteiger partial charge in [0.2, 0.25) is 0 Å². The number of aliphatic carboxylic acids is 1. The molecule has 0 unspecified atom stereocenters. The van der Waals surface area contributed by atoms with Crippen LogP contribution in [0.3, 0.4) is 0 Å². The van der Waals surface area contributed by atoms with Gasteiger partial charge in [0.25, 0.3) is 0 Å². The summed E-state index contributed by atoms with van der Waals surface area (Å²) in [6.45, 7) is 3.93. The van der Waals surface area contributed by atoms with E-state index in [2.05, 4.69) is 0 Å². The first-order valence-corrected chi connectivity index (χ1v) is 5.91. The van der Waals surface area contributed by atoms with E-state index in [-0.39, 0.29) is 0 Å². The van der Waals surface area contributed by atoms with Gasteiger partial charge >= 0.3 is 5.97 Å². The first-order chi connectivity index (χ1) is 7.92. The third-order valence-electron chi connectivity index (χ3n) is 2.59. The van der Waals surface area contributed by atoms with Crippen LogP contribution in [0, 0.1) is 5.41 Å². The fourth-order valence-corrected chi connectivity index (χ4v) is 1.55. The highest BCUT2D eigenvalue weighted by molar-refractivity contribution is 6.30. The molecule has 1 N–H and O–H groups in total. The molecule has 0 amide bonds. The summed E-state index contributed by atoms with van der Waals surface area (Å²) in [7, 11) is 0. The van der Waals surface area contributed by atoms with Crippen LogP contribution in [0.15, 0.2) is 24.3 Å². The van der Waals surface area contributed by atoms with Gasteiger partial charge in [0.1, 0.15) is 5.75 Å². The smallest absolute Gasteiger partial charge is 0.309 e. The van der Waals surface area contributed by atoms with Crippen molar-refractivity contribution in [3.05, 3.63) is 29.3 Å². The summed E-state index contributed by atoms with van der Waals surface area (Å²) in [5.41, 5.74) is -0.697. The van der Waals surface area contributed by atoms with E-state index in [0.29, 0.717) is 30.2 Å². The number of hydrogen-bond donors (Lipinski definition) is 1. The topological polar surface area (TPSA) is 46.5 Å². The van der Waals surface area contributed by atoms with E-state index in [9.17, 15) is 4.79 Å². The molecular weight excluding hydrogens is 240 g/mol. The van der Waals surface area contributed by atoms with Crippen LogP contribution in [0.1, 0.15) is 26.7 Å².